The predicted octanol–water partition coefficient (Wildman–Crippen LogP) is 3.31. The Balaban J connectivity index is 0.00000363. The molecule has 0 amide bonds. The molecular formula is C19H23F4IN8. The largest absolute Gasteiger partial charge is 0.416 e. The van der Waals surface area contributed by atoms with Crippen molar-refractivity contribution in [2.75, 3.05) is 25.0 Å². The van der Waals surface area contributed by atoms with E-state index in [0.29, 0.717) is 43.1 Å². The van der Waals surface area contributed by atoms with E-state index in [1.54, 1.807) is 17.9 Å². The molecule has 0 aliphatic rings. The molecule has 0 fully saturated rings. The van der Waals surface area contributed by atoms with Crippen LogP contribution in [0.5, 0.6) is 0 Å². The van der Waals surface area contributed by atoms with Gasteiger partial charge < -0.3 is 16.0 Å². The maximum Gasteiger partial charge on any atom is 0.416 e. The van der Waals surface area contributed by atoms with E-state index in [-0.39, 0.29) is 36.1 Å². The molecule has 3 rings (SSSR count). The van der Waals surface area contributed by atoms with E-state index in [2.05, 4.69) is 36.0 Å². The van der Waals surface area contributed by atoms with Gasteiger partial charge in [0.1, 0.15) is 18.0 Å². The van der Waals surface area contributed by atoms with Crippen molar-refractivity contribution in [1.82, 2.24) is 30.4 Å². The Morgan fingerprint density at radius 1 is 1.16 bits per heavy atom. The molecule has 0 unspecified atom stereocenters. The van der Waals surface area contributed by atoms with Gasteiger partial charge in [-0.05, 0) is 24.6 Å². The van der Waals surface area contributed by atoms with Crippen LogP contribution in [0.3, 0.4) is 0 Å². The van der Waals surface area contributed by atoms with E-state index in [1.807, 2.05) is 6.92 Å². The van der Waals surface area contributed by atoms with Crippen molar-refractivity contribution in [3.05, 3.63) is 47.7 Å². The Labute approximate surface area is 198 Å². The number of halogens is 5. The molecule has 0 saturated heterocycles. The van der Waals surface area contributed by atoms with E-state index in [4.69, 9.17) is 0 Å². The van der Waals surface area contributed by atoms with Gasteiger partial charge in [0.2, 0.25) is 0 Å². The zero-order chi connectivity index (χ0) is 22.4. The summed E-state index contributed by atoms with van der Waals surface area (Å²) in [5.74, 6) is 0.0301. The average Bonchev–Trinajstić information content (AvgIpc) is 3.11. The van der Waals surface area contributed by atoms with Gasteiger partial charge in [-0.15, -0.1) is 24.0 Å². The minimum Gasteiger partial charge on any atom is -0.368 e. The predicted molar refractivity (Wildman–Crippen MR) is 124 cm³/mol. The van der Waals surface area contributed by atoms with Gasteiger partial charge in [-0.2, -0.15) is 18.3 Å². The summed E-state index contributed by atoms with van der Waals surface area (Å²) in [5.41, 5.74) is -0.442. The van der Waals surface area contributed by atoms with Crippen LogP contribution in [0.1, 0.15) is 18.1 Å². The third kappa shape index (κ3) is 6.40. The fourth-order valence-corrected chi connectivity index (χ4v) is 2.92. The minimum atomic E-state index is -4.65. The number of aliphatic imine (C=N–C) groups is 1. The molecule has 2 heterocycles. The van der Waals surface area contributed by atoms with Crippen LogP contribution in [0.15, 0.2) is 35.7 Å². The summed E-state index contributed by atoms with van der Waals surface area (Å²) >= 11 is 0. The molecule has 0 spiro atoms. The number of alkyl halides is 3. The third-order valence-corrected chi connectivity index (χ3v) is 4.37. The van der Waals surface area contributed by atoms with Crippen LogP contribution >= 0.6 is 24.0 Å². The second-order valence-corrected chi connectivity index (χ2v) is 6.58. The molecule has 8 nitrogen and oxygen atoms in total. The molecule has 2 aromatic heterocycles. The second kappa shape index (κ2) is 11.2. The van der Waals surface area contributed by atoms with Crippen LogP contribution < -0.4 is 16.0 Å². The SMILES string of the molecule is CCNC(=NCc1ccc(F)cc1C(F)(F)F)NCCNc1ncnc2c1cnn2C.I. The van der Waals surface area contributed by atoms with E-state index in [1.165, 1.54) is 6.33 Å². The lowest BCUT2D eigenvalue weighted by Crippen LogP contribution is -2.39. The highest BCUT2D eigenvalue weighted by molar-refractivity contribution is 14.0. The number of nitrogens with zero attached hydrogens (tertiary/aromatic N) is 5. The number of hydrogen-bond acceptors (Lipinski definition) is 5. The molecule has 174 valence electrons. The first-order valence-electron chi connectivity index (χ1n) is 9.54. The molecule has 0 radical (unpaired) electrons. The van der Waals surface area contributed by atoms with Crippen LogP contribution in [0.2, 0.25) is 0 Å². The number of guanidine groups is 1. The van der Waals surface area contributed by atoms with Gasteiger partial charge >= 0.3 is 6.18 Å². The van der Waals surface area contributed by atoms with Gasteiger partial charge in [-0.3, -0.25) is 4.68 Å². The van der Waals surface area contributed by atoms with Crippen molar-refractivity contribution in [3.63, 3.8) is 0 Å². The Hall–Kier alpha value is -2.71. The summed E-state index contributed by atoms with van der Waals surface area (Å²) in [7, 11) is 1.78. The van der Waals surface area contributed by atoms with Crippen LogP contribution in [0.4, 0.5) is 23.4 Å². The number of nitrogens with one attached hydrogen (secondary N) is 3. The summed E-state index contributed by atoms with van der Waals surface area (Å²) in [6, 6.07) is 2.57. The van der Waals surface area contributed by atoms with E-state index in [0.717, 1.165) is 17.5 Å². The maximum absolute atomic E-state index is 13.3. The molecular weight excluding hydrogens is 543 g/mol. The molecule has 1 aromatic carbocycles. The summed E-state index contributed by atoms with van der Waals surface area (Å²) in [4.78, 5) is 12.6. The first-order valence-corrected chi connectivity index (χ1v) is 9.54. The van der Waals surface area contributed by atoms with Crippen LogP contribution in [-0.2, 0) is 19.8 Å². The smallest absolute Gasteiger partial charge is 0.368 e. The van der Waals surface area contributed by atoms with Crippen molar-refractivity contribution >= 4 is 46.8 Å². The lowest BCUT2D eigenvalue weighted by molar-refractivity contribution is -0.138. The molecule has 3 N–H and O–H groups in total. The number of aromatic nitrogens is 4. The topological polar surface area (TPSA) is 92.1 Å². The highest BCUT2D eigenvalue weighted by Crippen LogP contribution is 2.32. The zero-order valence-electron chi connectivity index (χ0n) is 17.4. The normalized spacial score (nSPS) is 11.9. The average molecular weight is 566 g/mol. The summed E-state index contributed by atoms with van der Waals surface area (Å²) in [5, 5.41) is 14.1. The molecule has 0 aliphatic carbocycles. The van der Waals surface area contributed by atoms with Gasteiger partial charge in [0.25, 0.3) is 0 Å². The zero-order valence-corrected chi connectivity index (χ0v) is 19.7. The number of aryl methyl sites for hydroxylation is 1. The highest BCUT2D eigenvalue weighted by atomic mass is 127. The highest BCUT2D eigenvalue weighted by Gasteiger charge is 2.33. The molecule has 32 heavy (non-hydrogen) atoms. The number of rotatable bonds is 7. The van der Waals surface area contributed by atoms with E-state index < -0.39 is 17.6 Å². The second-order valence-electron chi connectivity index (χ2n) is 6.58. The van der Waals surface area contributed by atoms with Gasteiger partial charge in [0.05, 0.1) is 23.7 Å². The maximum atomic E-state index is 13.3. The molecule has 3 aromatic rings. The molecule has 0 aliphatic heterocycles. The molecule has 0 atom stereocenters. The van der Waals surface area contributed by atoms with E-state index in [9.17, 15) is 17.6 Å². The van der Waals surface area contributed by atoms with Crippen LogP contribution in [0.25, 0.3) is 11.0 Å². The Bertz CT molecular complexity index is 1070. The fourth-order valence-electron chi connectivity index (χ4n) is 2.92. The number of fused-ring (bicyclic) bond motifs is 1. The Morgan fingerprint density at radius 2 is 1.94 bits per heavy atom. The fraction of sp³-hybridized carbons (Fsp3) is 0.368. The standard InChI is InChI=1S/C19H22F4N8.HI/c1-3-24-18(27-9-12-4-5-13(20)8-15(12)19(21,22)23)26-7-6-25-16-14-10-30-31(2)17(14)29-11-28-16;/h4-5,8,10-11H,3,6-7,9H2,1-2H3,(H2,24,26,27)(H,25,28,29);1H. The Morgan fingerprint density at radius 3 is 2.66 bits per heavy atom. The molecule has 0 saturated carbocycles. The molecule has 13 heteroatoms. The van der Waals surface area contributed by atoms with Crippen molar-refractivity contribution in [2.24, 2.45) is 12.0 Å². The minimum absolute atomic E-state index is 0. The molecule has 0 bridgehead atoms. The van der Waals surface area contributed by atoms with Gasteiger partial charge in [0.15, 0.2) is 11.6 Å². The summed E-state index contributed by atoms with van der Waals surface area (Å²) in [6.45, 7) is 3.01. The lowest BCUT2D eigenvalue weighted by atomic mass is 10.1. The van der Waals surface area contributed by atoms with Gasteiger partial charge in [-0.25, -0.2) is 19.4 Å². The Kier molecular flexibility index (Phi) is 8.98. The van der Waals surface area contributed by atoms with Gasteiger partial charge in [-0.1, -0.05) is 6.07 Å². The monoisotopic (exact) mass is 566 g/mol. The third-order valence-electron chi connectivity index (χ3n) is 4.37. The summed E-state index contributed by atoms with van der Waals surface area (Å²) < 4.78 is 54.4. The van der Waals surface area contributed by atoms with Crippen LogP contribution in [0, 0.1) is 5.82 Å². The van der Waals surface area contributed by atoms with Crippen molar-refractivity contribution in [3.8, 4) is 0 Å². The quantitative estimate of drug-likeness (QED) is 0.134. The van der Waals surface area contributed by atoms with Crippen molar-refractivity contribution < 1.29 is 17.6 Å². The lowest BCUT2D eigenvalue weighted by Gasteiger charge is -2.14. The van der Waals surface area contributed by atoms with Gasteiger partial charge in [0, 0.05) is 26.7 Å². The van der Waals surface area contributed by atoms with Crippen molar-refractivity contribution in [2.45, 2.75) is 19.6 Å². The van der Waals surface area contributed by atoms with E-state index >= 15 is 0 Å². The van der Waals surface area contributed by atoms with Crippen molar-refractivity contribution in [1.29, 1.82) is 0 Å². The number of hydrogen-bond donors (Lipinski definition) is 3. The van der Waals surface area contributed by atoms with Crippen LogP contribution in [-0.4, -0.2) is 45.3 Å². The first-order chi connectivity index (χ1) is 14.8. The number of anilines is 1. The first kappa shape index (κ1) is 25.5. The number of benzene rings is 1. The summed E-state index contributed by atoms with van der Waals surface area (Å²) in [6.07, 6.45) is -1.55.